The number of allylic oxidation sites excluding steroid dienone is 1. The average molecular weight is 430 g/mol. The Morgan fingerprint density at radius 2 is 2.04 bits per heavy atom. The molecule has 1 N–H and O–H groups in total. The third-order valence-electron chi connectivity index (χ3n) is 6.74. The van der Waals surface area contributed by atoms with E-state index >= 15 is 0 Å². The molecule has 1 saturated heterocycles. The summed E-state index contributed by atoms with van der Waals surface area (Å²) in [4.78, 5) is 26.1. The van der Waals surface area contributed by atoms with Gasteiger partial charge in [0.2, 0.25) is 11.8 Å². The number of amides is 2. The van der Waals surface area contributed by atoms with Gasteiger partial charge in [-0.3, -0.25) is 9.59 Å². The Hall–Kier alpha value is -1.16. The molecule has 1 saturated carbocycles. The molecule has 2 aliphatic carbocycles. The van der Waals surface area contributed by atoms with Gasteiger partial charge in [0.15, 0.2) is 6.29 Å². The van der Waals surface area contributed by atoms with Crippen molar-refractivity contribution >= 4 is 33.6 Å². The van der Waals surface area contributed by atoms with Crippen molar-refractivity contribution in [1.82, 2.24) is 4.31 Å². The molecule has 4 unspecified atom stereocenters. The maximum atomic E-state index is 13.2. The number of carbonyl (C=O) groups is 2. The minimum atomic E-state index is -4.19. The van der Waals surface area contributed by atoms with Gasteiger partial charge in [-0.1, -0.05) is 39.0 Å². The second kappa shape index (κ2) is 7.27. The van der Waals surface area contributed by atoms with Crippen molar-refractivity contribution in [3.05, 3.63) is 23.8 Å². The molecule has 3 rings (SSSR count). The quantitative estimate of drug-likeness (QED) is 0.509. The maximum absolute atomic E-state index is 13.2. The minimum absolute atomic E-state index is 0.0652. The van der Waals surface area contributed by atoms with Gasteiger partial charge in [-0.25, -0.2) is 8.42 Å². The zero-order valence-corrected chi connectivity index (χ0v) is 18.2. The number of nitrogens with zero attached hydrogens (tertiary/aromatic N) is 1. The van der Waals surface area contributed by atoms with Gasteiger partial charge in [-0.05, 0) is 30.9 Å². The Bertz CT molecular complexity index is 846. The molecule has 0 aromatic heterocycles. The summed E-state index contributed by atoms with van der Waals surface area (Å²) in [5, 5.41) is 8.95. The molecule has 0 spiro atoms. The van der Waals surface area contributed by atoms with Crippen LogP contribution in [0, 0.1) is 16.7 Å². The summed E-state index contributed by atoms with van der Waals surface area (Å²) in [5.41, 5.74) is -0.980. The van der Waals surface area contributed by atoms with E-state index in [2.05, 4.69) is 0 Å². The third kappa shape index (κ3) is 3.07. The summed E-state index contributed by atoms with van der Waals surface area (Å²) >= 11 is 1.41. The van der Waals surface area contributed by atoms with Crippen LogP contribution in [0.5, 0.6) is 0 Å². The van der Waals surface area contributed by atoms with Gasteiger partial charge in [0, 0.05) is 11.5 Å². The molecule has 1 aliphatic heterocycles. The number of hydrogen-bond donors (Lipinski definition) is 1. The van der Waals surface area contributed by atoms with Crippen molar-refractivity contribution in [2.75, 3.05) is 12.2 Å². The molecular formula is C19H27NO6S2. The van der Waals surface area contributed by atoms with Crippen LogP contribution in [-0.4, -0.2) is 53.4 Å². The van der Waals surface area contributed by atoms with Crippen molar-refractivity contribution < 1.29 is 27.9 Å². The number of piperidine rings is 1. The molecule has 3 aliphatic rings. The van der Waals surface area contributed by atoms with Crippen LogP contribution in [0.15, 0.2) is 23.8 Å². The highest BCUT2D eigenvalue weighted by atomic mass is 32.2. The highest BCUT2D eigenvalue weighted by molar-refractivity contribution is 7.98. The van der Waals surface area contributed by atoms with Crippen LogP contribution in [-0.2, 0) is 24.3 Å². The highest BCUT2D eigenvalue weighted by Crippen LogP contribution is 2.60. The molecule has 28 heavy (non-hydrogen) atoms. The number of aliphatic hydroxyl groups is 1. The van der Waals surface area contributed by atoms with Crippen molar-refractivity contribution in [1.29, 1.82) is 0 Å². The summed E-state index contributed by atoms with van der Waals surface area (Å²) < 4.78 is 32.1. The second-order valence-electron chi connectivity index (χ2n) is 8.36. The number of rotatable bonds is 6. The normalized spacial score (nSPS) is 33.2. The van der Waals surface area contributed by atoms with Crippen molar-refractivity contribution in [3.63, 3.8) is 0 Å². The minimum Gasteiger partial charge on any atom is -0.364 e. The highest BCUT2D eigenvalue weighted by Gasteiger charge is 2.66. The van der Waals surface area contributed by atoms with E-state index in [1.165, 1.54) is 23.9 Å². The number of imide groups is 1. The first-order chi connectivity index (χ1) is 13.0. The monoisotopic (exact) mass is 429 g/mol. The van der Waals surface area contributed by atoms with E-state index in [4.69, 9.17) is 4.74 Å². The van der Waals surface area contributed by atoms with E-state index in [0.29, 0.717) is 28.7 Å². The lowest BCUT2D eigenvalue weighted by Crippen LogP contribution is -2.61. The number of fused-ring (bicyclic) bond motifs is 2. The van der Waals surface area contributed by atoms with E-state index in [0.717, 1.165) is 0 Å². The first-order valence-corrected chi connectivity index (χ1v) is 12.2. The van der Waals surface area contributed by atoms with Gasteiger partial charge in [0.1, 0.15) is 5.25 Å². The number of sulfonamides is 1. The summed E-state index contributed by atoms with van der Waals surface area (Å²) in [7, 11) is -4.19. The molecule has 9 heteroatoms. The lowest BCUT2D eigenvalue weighted by Gasteiger charge is -2.47. The van der Waals surface area contributed by atoms with E-state index in [1.54, 1.807) is 13.0 Å². The standard InChI is InChI=1S/C19H27NO6S2/c1-18(2)14-9-10-19(18,3)17(23)20(15(14)21)28(24,25)13-7-5-12(6-8-13)16(22)26-11-27-4/h5-7,13-14,16,22H,8-11H2,1-4H3. The van der Waals surface area contributed by atoms with Crippen LogP contribution in [0.2, 0.25) is 0 Å². The lowest BCUT2D eigenvalue weighted by atomic mass is 9.63. The zero-order chi connectivity index (χ0) is 20.9. The first-order valence-electron chi connectivity index (χ1n) is 9.27. The molecular weight excluding hydrogens is 402 g/mol. The van der Waals surface area contributed by atoms with E-state index in [-0.39, 0.29) is 6.42 Å². The van der Waals surface area contributed by atoms with Gasteiger partial charge in [0.25, 0.3) is 10.0 Å². The zero-order valence-electron chi connectivity index (χ0n) is 16.5. The average Bonchev–Trinajstić information content (AvgIpc) is 2.82. The van der Waals surface area contributed by atoms with Gasteiger partial charge in [-0.15, -0.1) is 11.8 Å². The van der Waals surface area contributed by atoms with Gasteiger partial charge >= 0.3 is 0 Å². The Morgan fingerprint density at radius 1 is 1.36 bits per heavy atom. The third-order valence-corrected chi connectivity index (χ3v) is 9.08. The lowest BCUT2D eigenvalue weighted by molar-refractivity contribution is -0.160. The molecule has 2 fully saturated rings. The molecule has 1 heterocycles. The van der Waals surface area contributed by atoms with Crippen LogP contribution in [0.1, 0.15) is 40.0 Å². The number of carbonyl (C=O) groups excluding carboxylic acids is 2. The van der Waals surface area contributed by atoms with Crippen molar-refractivity contribution in [3.8, 4) is 0 Å². The second-order valence-corrected chi connectivity index (χ2v) is 11.2. The molecule has 0 aromatic rings. The SMILES string of the molecule is CSCOC(O)C1=CCC(S(=O)(=O)N2C(=O)C3CCC(C)(C2=O)C3(C)C)C=C1. The summed E-state index contributed by atoms with van der Waals surface area (Å²) in [6, 6.07) is 0. The summed E-state index contributed by atoms with van der Waals surface area (Å²) in [6.45, 7) is 5.50. The molecule has 156 valence electrons. The molecule has 2 amide bonds. The van der Waals surface area contributed by atoms with Crippen LogP contribution >= 0.6 is 11.8 Å². The number of ether oxygens (including phenoxy) is 1. The predicted octanol–water partition coefficient (Wildman–Crippen LogP) is 2.04. The number of thioether (sulfide) groups is 1. The fraction of sp³-hybridized carbons (Fsp3) is 0.684. The predicted molar refractivity (Wildman–Crippen MR) is 106 cm³/mol. The van der Waals surface area contributed by atoms with Crippen LogP contribution in [0.4, 0.5) is 0 Å². The Labute approximate surface area is 170 Å². The fourth-order valence-corrected chi connectivity index (χ4v) is 6.37. The first kappa shape index (κ1) is 21.5. The number of hydrogen-bond acceptors (Lipinski definition) is 7. The summed E-state index contributed by atoms with van der Waals surface area (Å²) in [5.74, 6) is -1.41. The van der Waals surface area contributed by atoms with E-state index in [9.17, 15) is 23.1 Å². The van der Waals surface area contributed by atoms with E-state index < -0.39 is 50.1 Å². The van der Waals surface area contributed by atoms with Gasteiger partial charge in [0.05, 0.1) is 11.4 Å². The fourth-order valence-electron chi connectivity index (χ4n) is 4.41. The molecule has 2 bridgehead atoms. The molecule has 4 atom stereocenters. The maximum Gasteiger partial charge on any atom is 0.250 e. The van der Waals surface area contributed by atoms with Crippen LogP contribution in [0.25, 0.3) is 0 Å². The largest absolute Gasteiger partial charge is 0.364 e. The Balaban J connectivity index is 1.83. The van der Waals surface area contributed by atoms with Crippen LogP contribution in [0.3, 0.4) is 0 Å². The smallest absolute Gasteiger partial charge is 0.250 e. The van der Waals surface area contributed by atoms with Crippen LogP contribution < -0.4 is 0 Å². The summed E-state index contributed by atoms with van der Waals surface area (Å²) in [6.07, 6.45) is 6.26. The van der Waals surface area contributed by atoms with Gasteiger partial charge < -0.3 is 9.84 Å². The topological polar surface area (TPSA) is 101 Å². The van der Waals surface area contributed by atoms with Gasteiger partial charge in [-0.2, -0.15) is 4.31 Å². The van der Waals surface area contributed by atoms with Crippen molar-refractivity contribution in [2.24, 2.45) is 16.7 Å². The Kier molecular flexibility index (Phi) is 5.59. The van der Waals surface area contributed by atoms with Crippen molar-refractivity contribution in [2.45, 2.75) is 51.6 Å². The van der Waals surface area contributed by atoms with E-state index in [1.807, 2.05) is 20.1 Å². The molecule has 7 nitrogen and oxygen atoms in total. The Morgan fingerprint density at radius 3 is 2.61 bits per heavy atom. The number of aliphatic hydroxyl groups excluding tert-OH is 1. The molecule has 0 aromatic carbocycles. The molecule has 0 radical (unpaired) electrons.